The Hall–Kier alpha value is -2.43. The zero-order chi connectivity index (χ0) is 14.7. The topological polar surface area (TPSA) is 64.0 Å². The smallest absolute Gasteiger partial charge is 0.256 e. The van der Waals surface area contributed by atoms with Crippen molar-refractivity contribution in [3.05, 3.63) is 57.8 Å². The molecule has 0 atom stereocenters. The number of benzene rings is 1. The van der Waals surface area contributed by atoms with Crippen LogP contribution in [0, 0.1) is 20.8 Å². The van der Waals surface area contributed by atoms with E-state index in [0.29, 0.717) is 16.9 Å². The van der Waals surface area contributed by atoms with Crippen molar-refractivity contribution in [2.75, 3.05) is 5.32 Å². The van der Waals surface area contributed by atoms with Crippen LogP contribution in [0.1, 0.15) is 16.8 Å². The van der Waals surface area contributed by atoms with Crippen LogP contribution in [-0.2, 0) is 11.3 Å². The molecule has 0 aliphatic heterocycles. The molecular formula is C15H17N3O2. The highest BCUT2D eigenvalue weighted by Gasteiger charge is 2.08. The SMILES string of the molecule is Cc1ccc(NC(=O)Cn2cnc(C)c(C)c2=O)cc1. The Morgan fingerprint density at radius 2 is 1.85 bits per heavy atom. The third kappa shape index (κ3) is 3.12. The summed E-state index contributed by atoms with van der Waals surface area (Å²) in [6.45, 7) is 5.42. The Labute approximate surface area is 117 Å². The monoisotopic (exact) mass is 271 g/mol. The van der Waals surface area contributed by atoms with Gasteiger partial charge >= 0.3 is 0 Å². The van der Waals surface area contributed by atoms with Gasteiger partial charge in [-0.2, -0.15) is 0 Å². The maximum absolute atomic E-state index is 12.0. The first-order valence-corrected chi connectivity index (χ1v) is 6.36. The summed E-state index contributed by atoms with van der Waals surface area (Å²) in [5.74, 6) is -0.249. The van der Waals surface area contributed by atoms with Gasteiger partial charge in [0.1, 0.15) is 6.54 Å². The summed E-state index contributed by atoms with van der Waals surface area (Å²) < 4.78 is 1.31. The normalized spacial score (nSPS) is 10.3. The Kier molecular flexibility index (Phi) is 3.98. The van der Waals surface area contributed by atoms with E-state index in [1.54, 1.807) is 13.8 Å². The van der Waals surface area contributed by atoms with Crippen molar-refractivity contribution in [3.63, 3.8) is 0 Å². The van der Waals surface area contributed by atoms with E-state index in [9.17, 15) is 9.59 Å². The summed E-state index contributed by atoms with van der Waals surface area (Å²) in [7, 11) is 0. The minimum atomic E-state index is -0.249. The van der Waals surface area contributed by atoms with Gasteiger partial charge in [0.05, 0.1) is 6.33 Å². The maximum Gasteiger partial charge on any atom is 0.256 e. The number of hydrogen-bond acceptors (Lipinski definition) is 3. The molecule has 0 aliphatic carbocycles. The van der Waals surface area contributed by atoms with Crippen LogP contribution in [0.25, 0.3) is 0 Å². The van der Waals surface area contributed by atoms with Crippen LogP contribution in [-0.4, -0.2) is 15.5 Å². The number of nitrogens with zero attached hydrogens (tertiary/aromatic N) is 2. The second-order valence-corrected chi connectivity index (χ2v) is 4.80. The standard InChI is InChI=1S/C15H17N3O2/c1-10-4-6-13(7-5-10)17-14(19)8-18-9-16-12(3)11(2)15(18)20/h4-7,9H,8H2,1-3H3,(H,17,19). The van der Waals surface area contributed by atoms with Gasteiger partial charge in [0, 0.05) is 16.9 Å². The molecule has 1 amide bonds. The van der Waals surface area contributed by atoms with Crippen LogP contribution in [0.15, 0.2) is 35.4 Å². The molecule has 1 N–H and O–H groups in total. The van der Waals surface area contributed by atoms with E-state index < -0.39 is 0 Å². The van der Waals surface area contributed by atoms with Crippen molar-refractivity contribution in [2.24, 2.45) is 0 Å². The van der Waals surface area contributed by atoms with Crippen LogP contribution in [0.5, 0.6) is 0 Å². The summed E-state index contributed by atoms with van der Waals surface area (Å²) in [5.41, 5.74) is 2.90. The second-order valence-electron chi connectivity index (χ2n) is 4.80. The highest BCUT2D eigenvalue weighted by molar-refractivity contribution is 5.90. The molecule has 0 radical (unpaired) electrons. The fourth-order valence-corrected chi connectivity index (χ4v) is 1.78. The number of amides is 1. The molecule has 2 aromatic rings. The quantitative estimate of drug-likeness (QED) is 0.926. The van der Waals surface area contributed by atoms with Gasteiger partial charge in [-0.3, -0.25) is 14.2 Å². The average molecular weight is 271 g/mol. The molecule has 1 aromatic heterocycles. The Morgan fingerprint density at radius 1 is 1.20 bits per heavy atom. The van der Waals surface area contributed by atoms with Crippen molar-refractivity contribution in [1.29, 1.82) is 0 Å². The summed E-state index contributed by atoms with van der Waals surface area (Å²) in [6.07, 6.45) is 1.40. The van der Waals surface area contributed by atoms with Gasteiger partial charge < -0.3 is 5.32 Å². The summed E-state index contributed by atoms with van der Waals surface area (Å²) in [4.78, 5) is 28.0. The number of carbonyl (C=O) groups is 1. The molecule has 0 bridgehead atoms. The van der Waals surface area contributed by atoms with E-state index in [0.717, 1.165) is 5.56 Å². The van der Waals surface area contributed by atoms with Crippen LogP contribution >= 0.6 is 0 Å². The van der Waals surface area contributed by atoms with E-state index in [1.807, 2.05) is 31.2 Å². The lowest BCUT2D eigenvalue weighted by Crippen LogP contribution is -2.29. The van der Waals surface area contributed by atoms with Gasteiger partial charge in [-0.05, 0) is 32.9 Å². The van der Waals surface area contributed by atoms with E-state index >= 15 is 0 Å². The number of hydrogen-bond donors (Lipinski definition) is 1. The zero-order valence-electron chi connectivity index (χ0n) is 11.8. The van der Waals surface area contributed by atoms with Crippen molar-refractivity contribution in [2.45, 2.75) is 27.3 Å². The first-order chi connectivity index (χ1) is 9.47. The zero-order valence-corrected chi connectivity index (χ0v) is 11.8. The molecule has 0 saturated heterocycles. The first kappa shape index (κ1) is 14.0. The minimum Gasteiger partial charge on any atom is -0.325 e. The van der Waals surface area contributed by atoms with Gasteiger partial charge in [0.2, 0.25) is 5.91 Å². The molecule has 104 valence electrons. The predicted molar refractivity (Wildman–Crippen MR) is 77.8 cm³/mol. The molecule has 1 aromatic carbocycles. The molecule has 5 heteroatoms. The van der Waals surface area contributed by atoms with E-state index in [1.165, 1.54) is 10.9 Å². The largest absolute Gasteiger partial charge is 0.325 e. The average Bonchev–Trinajstić information content (AvgIpc) is 2.42. The van der Waals surface area contributed by atoms with Crippen molar-refractivity contribution >= 4 is 11.6 Å². The van der Waals surface area contributed by atoms with E-state index in [4.69, 9.17) is 0 Å². The van der Waals surface area contributed by atoms with Gasteiger partial charge in [-0.15, -0.1) is 0 Å². The maximum atomic E-state index is 12.0. The van der Waals surface area contributed by atoms with E-state index in [-0.39, 0.29) is 18.0 Å². The van der Waals surface area contributed by atoms with Crippen molar-refractivity contribution < 1.29 is 4.79 Å². The van der Waals surface area contributed by atoms with Crippen molar-refractivity contribution in [3.8, 4) is 0 Å². The number of anilines is 1. The molecule has 0 spiro atoms. The number of carbonyl (C=O) groups excluding carboxylic acids is 1. The van der Waals surface area contributed by atoms with Gasteiger partial charge in [0.15, 0.2) is 0 Å². The molecule has 5 nitrogen and oxygen atoms in total. The minimum absolute atomic E-state index is 0.0408. The Balaban J connectivity index is 2.11. The number of nitrogens with one attached hydrogen (secondary N) is 1. The Bertz CT molecular complexity index is 687. The molecule has 0 fully saturated rings. The van der Waals surface area contributed by atoms with Gasteiger partial charge in [0.25, 0.3) is 5.56 Å². The summed E-state index contributed by atoms with van der Waals surface area (Å²) >= 11 is 0. The lowest BCUT2D eigenvalue weighted by atomic mass is 10.2. The van der Waals surface area contributed by atoms with Crippen molar-refractivity contribution in [1.82, 2.24) is 9.55 Å². The molecule has 1 heterocycles. The fraction of sp³-hybridized carbons (Fsp3) is 0.267. The molecule has 0 aliphatic rings. The summed E-state index contributed by atoms with van der Waals surface area (Å²) in [5, 5.41) is 2.75. The lowest BCUT2D eigenvalue weighted by molar-refractivity contribution is -0.116. The third-order valence-corrected chi connectivity index (χ3v) is 3.16. The number of rotatable bonds is 3. The highest BCUT2D eigenvalue weighted by atomic mass is 16.2. The first-order valence-electron chi connectivity index (χ1n) is 6.36. The third-order valence-electron chi connectivity index (χ3n) is 3.16. The lowest BCUT2D eigenvalue weighted by Gasteiger charge is -2.08. The van der Waals surface area contributed by atoms with Crippen LogP contribution < -0.4 is 10.9 Å². The Morgan fingerprint density at radius 3 is 2.50 bits per heavy atom. The van der Waals surface area contributed by atoms with E-state index in [2.05, 4.69) is 10.3 Å². The molecule has 2 rings (SSSR count). The van der Waals surface area contributed by atoms with Crippen LogP contribution in [0.3, 0.4) is 0 Å². The molecule has 0 saturated carbocycles. The highest BCUT2D eigenvalue weighted by Crippen LogP contribution is 2.08. The summed E-state index contributed by atoms with van der Waals surface area (Å²) in [6, 6.07) is 7.49. The van der Waals surface area contributed by atoms with Gasteiger partial charge in [-0.25, -0.2) is 4.98 Å². The predicted octanol–water partition coefficient (Wildman–Crippen LogP) is 1.81. The van der Waals surface area contributed by atoms with Crippen LogP contribution in [0.2, 0.25) is 0 Å². The molecule has 0 unspecified atom stereocenters. The molecule has 20 heavy (non-hydrogen) atoms. The second kappa shape index (κ2) is 5.69. The molecular weight excluding hydrogens is 254 g/mol. The van der Waals surface area contributed by atoms with Gasteiger partial charge in [-0.1, -0.05) is 17.7 Å². The van der Waals surface area contributed by atoms with Crippen LogP contribution in [0.4, 0.5) is 5.69 Å². The number of aryl methyl sites for hydroxylation is 2. The fourth-order valence-electron chi connectivity index (χ4n) is 1.78. The number of aromatic nitrogens is 2.